The molecular weight excluding hydrogens is 167 g/mol. The minimum absolute atomic E-state index is 0. The van der Waals surface area contributed by atoms with Crippen molar-refractivity contribution in [3.05, 3.63) is 35.9 Å². The van der Waals surface area contributed by atoms with Crippen LogP contribution >= 0.6 is 0 Å². The molecule has 0 aliphatic heterocycles. The molecule has 0 bridgehead atoms. The van der Waals surface area contributed by atoms with Crippen molar-refractivity contribution in [2.24, 2.45) is 0 Å². The molecule has 60 valence electrons. The van der Waals surface area contributed by atoms with Crippen molar-refractivity contribution in [3.8, 4) is 0 Å². The molecular formula is C8H9NaO3. The molecule has 1 aromatic rings. The summed E-state index contributed by atoms with van der Waals surface area (Å²) in [5, 5.41) is 17.4. The van der Waals surface area contributed by atoms with Crippen LogP contribution in [0.4, 0.5) is 0 Å². The van der Waals surface area contributed by atoms with Gasteiger partial charge in [0.15, 0.2) is 6.10 Å². The molecule has 0 aromatic heterocycles. The Morgan fingerprint density at radius 2 is 1.75 bits per heavy atom. The van der Waals surface area contributed by atoms with Gasteiger partial charge in [-0.2, -0.15) is 0 Å². The van der Waals surface area contributed by atoms with E-state index in [1.165, 1.54) is 0 Å². The fourth-order valence-electron chi connectivity index (χ4n) is 0.778. The third-order valence-electron chi connectivity index (χ3n) is 1.35. The average molecular weight is 176 g/mol. The van der Waals surface area contributed by atoms with Crippen LogP contribution in [0.5, 0.6) is 0 Å². The average Bonchev–Trinajstić information content (AvgIpc) is 2.05. The first kappa shape index (κ1) is 11.6. The molecule has 0 fully saturated rings. The van der Waals surface area contributed by atoms with Gasteiger partial charge in [0.05, 0.1) is 0 Å². The number of hydrogen-bond donors (Lipinski definition) is 2. The Bertz CT molecular complexity index is 248. The summed E-state index contributed by atoms with van der Waals surface area (Å²) in [6.07, 6.45) is -1.41. The molecule has 0 saturated heterocycles. The summed E-state index contributed by atoms with van der Waals surface area (Å²) < 4.78 is 0. The number of rotatable bonds is 2. The number of carboxylic acids is 1. The normalized spacial score (nSPS) is 11.4. The van der Waals surface area contributed by atoms with Crippen molar-refractivity contribution >= 4 is 35.5 Å². The fraction of sp³-hybridized carbons (Fsp3) is 0.125. The van der Waals surface area contributed by atoms with Crippen molar-refractivity contribution in [2.45, 2.75) is 6.10 Å². The third kappa shape index (κ3) is 2.95. The van der Waals surface area contributed by atoms with E-state index in [1.54, 1.807) is 30.3 Å². The molecule has 0 heterocycles. The maximum atomic E-state index is 10.2. The Balaban J connectivity index is 0.00000121. The first-order valence-corrected chi connectivity index (χ1v) is 3.17. The van der Waals surface area contributed by atoms with Crippen molar-refractivity contribution in [3.63, 3.8) is 0 Å². The Morgan fingerprint density at radius 1 is 1.25 bits per heavy atom. The molecule has 1 rings (SSSR count). The van der Waals surface area contributed by atoms with Crippen LogP contribution < -0.4 is 0 Å². The SMILES string of the molecule is O=C(O)[C@H](O)c1ccccc1.[NaH]. The number of carbonyl (C=O) groups is 1. The molecule has 0 unspecified atom stereocenters. The number of aliphatic hydroxyl groups excluding tert-OH is 1. The molecule has 12 heavy (non-hydrogen) atoms. The van der Waals surface area contributed by atoms with Crippen molar-refractivity contribution in [1.29, 1.82) is 0 Å². The minimum atomic E-state index is -1.41. The van der Waals surface area contributed by atoms with E-state index in [9.17, 15) is 4.79 Å². The molecule has 0 aliphatic carbocycles. The van der Waals surface area contributed by atoms with E-state index in [1.807, 2.05) is 0 Å². The van der Waals surface area contributed by atoms with Crippen LogP contribution in [0, 0.1) is 0 Å². The van der Waals surface area contributed by atoms with Gasteiger partial charge in [0, 0.05) is 0 Å². The summed E-state index contributed by atoms with van der Waals surface area (Å²) in [5.74, 6) is -1.23. The van der Waals surface area contributed by atoms with E-state index in [4.69, 9.17) is 10.2 Å². The second-order valence-electron chi connectivity index (χ2n) is 2.15. The van der Waals surface area contributed by atoms with Gasteiger partial charge in [-0.15, -0.1) is 0 Å². The van der Waals surface area contributed by atoms with Crippen molar-refractivity contribution < 1.29 is 15.0 Å². The predicted octanol–water partition coefficient (Wildman–Crippen LogP) is 0.156. The molecule has 4 heteroatoms. The van der Waals surface area contributed by atoms with E-state index in [2.05, 4.69) is 0 Å². The zero-order chi connectivity index (χ0) is 8.27. The first-order chi connectivity index (χ1) is 5.22. The van der Waals surface area contributed by atoms with E-state index < -0.39 is 12.1 Å². The Hall–Kier alpha value is -0.350. The molecule has 0 spiro atoms. The van der Waals surface area contributed by atoms with Crippen molar-refractivity contribution in [1.82, 2.24) is 0 Å². The molecule has 0 amide bonds. The second kappa shape index (κ2) is 5.32. The summed E-state index contributed by atoms with van der Waals surface area (Å²) in [6, 6.07) is 8.26. The third-order valence-corrected chi connectivity index (χ3v) is 1.35. The monoisotopic (exact) mass is 176 g/mol. The predicted molar refractivity (Wildman–Crippen MR) is 46.2 cm³/mol. The Morgan fingerprint density at radius 3 is 2.17 bits per heavy atom. The van der Waals surface area contributed by atoms with Gasteiger partial charge < -0.3 is 10.2 Å². The maximum absolute atomic E-state index is 10.2. The molecule has 0 aliphatic rings. The molecule has 2 N–H and O–H groups in total. The van der Waals surface area contributed by atoms with E-state index in [0.29, 0.717) is 5.56 Å². The molecule has 3 nitrogen and oxygen atoms in total. The number of carboxylic acid groups (broad SMARTS) is 1. The standard InChI is InChI=1S/C8H8O3.Na.H/c9-7(8(10)11)6-4-2-1-3-5-6;;/h1-5,7,9H,(H,10,11);;/t7-;;/m1../s1. The summed E-state index contributed by atoms with van der Waals surface area (Å²) >= 11 is 0. The van der Waals surface area contributed by atoms with Crippen LogP contribution in [0.2, 0.25) is 0 Å². The van der Waals surface area contributed by atoms with Crippen LogP contribution in [0.15, 0.2) is 30.3 Å². The van der Waals surface area contributed by atoms with Crippen molar-refractivity contribution in [2.75, 3.05) is 0 Å². The summed E-state index contributed by atoms with van der Waals surface area (Å²) in [5.41, 5.74) is 0.403. The zero-order valence-electron chi connectivity index (χ0n) is 5.77. The summed E-state index contributed by atoms with van der Waals surface area (Å²) in [4.78, 5) is 10.2. The van der Waals surface area contributed by atoms with Crippen LogP contribution in [0.1, 0.15) is 11.7 Å². The van der Waals surface area contributed by atoms with E-state index >= 15 is 0 Å². The fourth-order valence-corrected chi connectivity index (χ4v) is 0.778. The van der Waals surface area contributed by atoms with Gasteiger partial charge in [0.25, 0.3) is 0 Å². The van der Waals surface area contributed by atoms with Gasteiger partial charge >= 0.3 is 35.5 Å². The summed E-state index contributed by atoms with van der Waals surface area (Å²) in [6.45, 7) is 0. The van der Waals surface area contributed by atoms with E-state index in [0.717, 1.165) is 0 Å². The van der Waals surface area contributed by atoms with Crippen LogP contribution in [0.3, 0.4) is 0 Å². The van der Waals surface area contributed by atoms with Crippen LogP contribution in [0.25, 0.3) is 0 Å². The molecule has 0 radical (unpaired) electrons. The number of benzene rings is 1. The molecule has 1 aromatic carbocycles. The molecule has 1 atom stereocenters. The van der Waals surface area contributed by atoms with Gasteiger partial charge in [-0.25, -0.2) is 4.79 Å². The van der Waals surface area contributed by atoms with Gasteiger partial charge in [0.2, 0.25) is 0 Å². The van der Waals surface area contributed by atoms with Crippen LogP contribution in [-0.2, 0) is 4.79 Å². The first-order valence-electron chi connectivity index (χ1n) is 3.17. The Labute approximate surface area is 92.3 Å². The topological polar surface area (TPSA) is 57.5 Å². The van der Waals surface area contributed by atoms with Gasteiger partial charge in [-0.05, 0) is 5.56 Å². The van der Waals surface area contributed by atoms with Crippen LogP contribution in [-0.4, -0.2) is 45.7 Å². The second-order valence-corrected chi connectivity index (χ2v) is 2.15. The number of aliphatic hydroxyl groups is 1. The van der Waals surface area contributed by atoms with Gasteiger partial charge in [-0.1, -0.05) is 30.3 Å². The summed E-state index contributed by atoms with van der Waals surface area (Å²) in [7, 11) is 0. The number of aliphatic carboxylic acids is 1. The Kier molecular flexibility index (Phi) is 5.17. The van der Waals surface area contributed by atoms with E-state index in [-0.39, 0.29) is 29.6 Å². The zero-order valence-corrected chi connectivity index (χ0v) is 5.77. The quantitative estimate of drug-likeness (QED) is 0.631. The van der Waals surface area contributed by atoms with Gasteiger partial charge in [0.1, 0.15) is 0 Å². The molecule has 0 saturated carbocycles. The van der Waals surface area contributed by atoms with Gasteiger partial charge in [-0.3, -0.25) is 0 Å². The number of hydrogen-bond acceptors (Lipinski definition) is 2.